The zero-order valence-corrected chi connectivity index (χ0v) is 21.3. The summed E-state index contributed by atoms with van der Waals surface area (Å²) in [6.45, 7) is 5.80. The minimum Gasteiger partial charge on any atom is -0.382 e. The van der Waals surface area contributed by atoms with Crippen molar-refractivity contribution in [1.29, 1.82) is 0 Å². The van der Waals surface area contributed by atoms with E-state index < -0.39 is 11.0 Å². The number of nitrogens with zero attached hydrogens (tertiary/aromatic N) is 4. The molecule has 1 saturated heterocycles. The molecular formula is C28H30N6OS. The zero-order chi connectivity index (χ0) is 24.8. The molecule has 0 aliphatic carbocycles. The molecule has 3 N–H and O–H groups in total. The number of piperidine rings is 1. The molecule has 1 aliphatic rings. The Labute approximate surface area is 213 Å². The number of hydrogen-bond donors (Lipinski definition) is 2. The van der Waals surface area contributed by atoms with Crippen molar-refractivity contribution in [1.82, 2.24) is 23.7 Å². The first-order chi connectivity index (χ1) is 17.5. The number of fused-ring (bicyclic) bond motifs is 2. The molecule has 0 bridgehead atoms. The molecule has 7 nitrogen and oxygen atoms in total. The van der Waals surface area contributed by atoms with E-state index in [0.29, 0.717) is 11.7 Å². The number of rotatable bonds is 5. The number of para-hydroxylation sites is 1. The second-order valence-electron chi connectivity index (χ2n) is 9.76. The minimum absolute atomic E-state index is 0.242. The lowest BCUT2D eigenvalue weighted by Gasteiger charge is -2.31. The quantitative estimate of drug-likeness (QED) is 0.335. The fourth-order valence-electron chi connectivity index (χ4n) is 5.30. The van der Waals surface area contributed by atoms with E-state index in [1.54, 1.807) is 6.20 Å². The van der Waals surface area contributed by atoms with Crippen LogP contribution in [-0.2, 0) is 11.0 Å². The monoisotopic (exact) mass is 498 g/mol. The van der Waals surface area contributed by atoms with Gasteiger partial charge < -0.3 is 10.7 Å². The number of aromatic nitrogens is 4. The molecule has 184 valence electrons. The molecule has 1 fully saturated rings. The highest BCUT2D eigenvalue weighted by atomic mass is 32.2. The number of hydrogen-bond acceptors (Lipinski definition) is 4. The van der Waals surface area contributed by atoms with Crippen LogP contribution in [0.4, 0.5) is 5.82 Å². The Bertz CT molecular complexity index is 1540. The highest BCUT2D eigenvalue weighted by molar-refractivity contribution is 7.82. The highest BCUT2D eigenvalue weighted by Crippen LogP contribution is 2.36. The van der Waals surface area contributed by atoms with Crippen LogP contribution < -0.4 is 5.73 Å². The van der Waals surface area contributed by atoms with E-state index in [1.807, 2.05) is 36.5 Å². The summed E-state index contributed by atoms with van der Waals surface area (Å²) in [4.78, 5) is 13.9. The van der Waals surface area contributed by atoms with Gasteiger partial charge in [-0.1, -0.05) is 50.2 Å². The van der Waals surface area contributed by atoms with E-state index in [1.165, 1.54) is 0 Å². The fraction of sp³-hybridized carbons (Fsp3) is 0.286. The minimum atomic E-state index is -1.17. The Balaban J connectivity index is 1.30. The van der Waals surface area contributed by atoms with Crippen LogP contribution >= 0.6 is 0 Å². The summed E-state index contributed by atoms with van der Waals surface area (Å²) in [5.41, 5.74) is 11.2. The first-order valence-electron chi connectivity index (χ1n) is 12.5. The van der Waals surface area contributed by atoms with Crippen LogP contribution in [0.25, 0.3) is 27.8 Å². The van der Waals surface area contributed by atoms with Gasteiger partial charge in [-0.25, -0.2) is 18.5 Å². The highest BCUT2D eigenvalue weighted by Gasteiger charge is 2.30. The molecule has 0 radical (unpaired) electrons. The standard InChI is InChI=1S/C28H30N6OS/c1-18(2)21-8-4-6-10-24(21)36(35)33-14-11-19(12-15-33)28-32-25(26-27(29)30-13-16-34(26)28)23-17-20-7-3-5-9-22(20)31-23/h3-10,13,16-19,31H,11-12,14-15H2,1-2H3,(H2,29,30). The van der Waals surface area contributed by atoms with Crippen LogP contribution in [0.3, 0.4) is 0 Å². The maximum atomic E-state index is 13.5. The largest absolute Gasteiger partial charge is 0.382 e. The average Bonchev–Trinajstić information content (AvgIpc) is 3.51. The van der Waals surface area contributed by atoms with E-state index >= 15 is 0 Å². The smallest absolute Gasteiger partial charge is 0.150 e. The van der Waals surface area contributed by atoms with Crippen molar-refractivity contribution in [2.45, 2.75) is 43.4 Å². The Hall–Kier alpha value is -3.49. The van der Waals surface area contributed by atoms with Crippen LogP contribution in [0.1, 0.15) is 49.9 Å². The number of aromatic amines is 1. The molecule has 4 heterocycles. The third-order valence-corrected chi connectivity index (χ3v) is 8.76. The van der Waals surface area contributed by atoms with Gasteiger partial charge in [-0.05, 0) is 42.5 Å². The molecule has 3 aromatic heterocycles. The van der Waals surface area contributed by atoms with Gasteiger partial charge >= 0.3 is 0 Å². The van der Waals surface area contributed by atoms with Crippen molar-refractivity contribution in [3.05, 3.63) is 78.4 Å². The molecule has 0 saturated carbocycles. The summed E-state index contributed by atoms with van der Waals surface area (Å²) in [5, 5.41) is 1.13. The normalized spacial score (nSPS) is 16.3. The number of anilines is 1. The van der Waals surface area contributed by atoms with Crippen molar-refractivity contribution in [2.24, 2.45) is 0 Å². The van der Waals surface area contributed by atoms with Gasteiger partial charge in [-0.2, -0.15) is 0 Å². The number of nitrogen functional groups attached to an aromatic ring is 1. The van der Waals surface area contributed by atoms with Gasteiger partial charge in [-0.15, -0.1) is 0 Å². The zero-order valence-electron chi connectivity index (χ0n) is 20.5. The maximum Gasteiger partial charge on any atom is 0.150 e. The summed E-state index contributed by atoms with van der Waals surface area (Å²) < 4.78 is 17.7. The molecule has 5 aromatic rings. The van der Waals surface area contributed by atoms with Gasteiger partial charge in [0.1, 0.15) is 33.8 Å². The van der Waals surface area contributed by atoms with Gasteiger partial charge in [0.25, 0.3) is 0 Å². The predicted octanol–water partition coefficient (Wildman–Crippen LogP) is 5.49. The molecule has 8 heteroatoms. The van der Waals surface area contributed by atoms with Crippen LogP contribution in [0, 0.1) is 0 Å². The topological polar surface area (TPSA) is 92.3 Å². The summed E-state index contributed by atoms with van der Waals surface area (Å²) in [6, 6.07) is 18.4. The van der Waals surface area contributed by atoms with Crippen molar-refractivity contribution in [3.63, 3.8) is 0 Å². The molecule has 1 aliphatic heterocycles. The number of nitrogens with two attached hydrogens (primary N) is 1. The molecular weight excluding hydrogens is 468 g/mol. The van der Waals surface area contributed by atoms with Gasteiger partial charge in [0.15, 0.2) is 0 Å². The molecule has 2 aromatic carbocycles. The van der Waals surface area contributed by atoms with E-state index in [0.717, 1.165) is 70.0 Å². The van der Waals surface area contributed by atoms with Crippen LogP contribution in [-0.4, -0.2) is 41.0 Å². The van der Waals surface area contributed by atoms with Crippen LogP contribution in [0.5, 0.6) is 0 Å². The fourth-order valence-corrected chi connectivity index (χ4v) is 6.82. The van der Waals surface area contributed by atoms with E-state index in [-0.39, 0.29) is 5.92 Å². The maximum absolute atomic E-state index is 13.5. The van der Waals surface area contributed by atoms with E-state index in [9.17, 15) is 4.21 Å². The molecule has 6 rings (SSSR count). The molecule has 36 heavy (non-hydrogen) atoms. The third-order valence-electron chi connectivity index (χ3n) is 7.18. The van der Waals surface area contributed by atoms with Crippen LogP contribution in [0.15, 0.2) is 71.9 Å². The van der Waals surface area contributed by atoms with Gasteiger partial charge in [0, 0.05) is 42.3 Å². The van der Waals surface area contributed by atoms with Crippen molar-refractivity contribution < 1.29 is 4.21 Å². The second kappa shape index (κ2) is 9.19. The summed E-state index contributed by atoms with van der Waals surface area (Å²) >= 11 is 0. The van der Waals surface area contributed by atoms with Crippen molar-refractivity contribution >= 4 is 33.2 Å². The number of nitrogens with one attached hydrogen (secondary N) is 1. The Morgan fingerprint density at radius 2 is 1.83 bits per heavy atom. The lowest BCUT2D eigenvalue weighted by atomic mass is 9.97. The molecule has 1 unspecified atom stereocenters. The third kappa shape index (κ3) is 3.90. The van der Waals surface area contributed by atoms with Crippen molar-refractivity contribution in [3.8, 4) is 11.4 Å². The lowest BCUT2D eigenvalue weighted by molar-refractivity contribution is 0.326. The Kier molecular flexibility index (Phi) is 5.85. The Morgan fingerprint density at radius 1 is 1.08 bits per heavy atom. The number of H-pyrrole nitrogens is 1. The molecule has 0 spiro atoms. The first-order valence-corrected chi connectivity index (χ1v) is 13.6. The second-order valence-corrected chi connectivity index (χ2v) is 11.2. The SMILES string of the molecule is CC(C)c1ccccc1S(=O)N1CCC(c2nc(-c3cc4ccccc4[nH]3)c3c(N)nccn23)CC1. The first kappa shape index (κ1) is 22.9. The summed E-state index contributed by atoms with van der Waals surface area (Å²) in [7, 11) is -1.17. The predicted molar refractivity (Wildman–Crippen MR) is 145 cm³/mol. The number of imidazole rings is 1. The van der Waals surface area contributed by atoms with Crippen molar-refractivity contribution in [2.75, 3.05) is 18.8 Å². The lowest BCUT2D eigenvalue weighted by Crippen LogP contribution is -2.35. The Morgan fingerprint density at radius 3 is 2.61 bits per heavy atom. The van der Waals surface area contributed by atoms with E-state index in [4.69, 9.17) is 10.7 Å². The molecule has 0 amide bonds. The number of benzene rings is 2. The summed E-state index contributed by atoms with van der Waals surface area (Å²) in [6.07, 6.45) is 5.44. The van der Waals surface area contributed by atoms with Crippen LogP contribution in [0.2, 0.25) is 0 Å². The van der Waals surface area contributed by atoms with Gasteiger partial charge in [0.05, 0.1) is 10.6 Å². The summed E-state index contributed by atoms with van der Waals surface area (Å²) in [5.74, 6) is 2.03. The van der Waals surface area contributed by atoms with E-state index in [2.05, 4.69) is 56.8 Å². The van der Waals surface area contributed by atoms with Gasteiger partial charge in [0.2, 0.25) is 0 Å². The van der Waals surface area contributed by atoms with Gasteiger partial charge in [-0.3, -0.25) is 4.40 Å². The average molecular weight is 499 g/mol. The molecule has 1 atom stereocenters.